The molecule has 0 bridgehead atoms. The highest BCUT2D eigenvalue weighted by atomic mass is 79.9. The number of amides is 1. The Balaban J connectivity index is 1.50. The van der Waals surface area contributed by atoms with Crippen LogP contribution in [-0.4, -0.2) is 11.1 Å². The fourth-order valence-electron chi connectivity index (χ4n) is 3.61. The van der Waals surface area contributed by atoms with E-state index in [0.717, 1.165) is 27.0 Å². The van der Waals surface area contributed by atoms with E-state index in [-0.39, 0.29) is 5.91 Å². The molecule has 0 saturated carbocycles. The van der Waals surface area contributed by atoms with E-state index in [2.05, 4.69) is 15.9 Å². The molecule has 4 aromatic rings. The van der Waals surface area contributed by atoms with E-state index in [9.17, 15) is 4.79 Å². The second-order valence-electron chi connectivity index (χ2n) is 7.77. The molecule has 5 rings (SSSR count). The van der Waals surface area contributed by atoms with Crippen LogP contribution in [0, 0.1) is 0 Å². The highest BCUT2D eigenvalue weighted by molar-refractivity contribution is 9.10. The quantitative estimate of drug-likeness (QED) is 0.234. The summed E-state index contributed by atoms with van der Waals surface area (Å²) in [5, 5.41) is 0.611. The van der Waals surface area contributed by atoms with E-state index >= 15 is 0 Å². The fourth-order valence-corrected chi connectivity index (χ4v) is 4.98. The number of thioether (sulfide) groups is 1. The van der Waals surface area contributed by atoms with Crippen molar-refractivity contribution in [2.24, 2.45) is 4.99 Å². The first-order chi connectivity index (χ1) is 17.2. The van der Waals surface area contributed by atoms with Gasteiger partial charge in [-0.2, -0.15) is 0 Å². The van der Waals surface area contributed by atoms with Gasteiger partial charge in [-0.25, -0.2) is 4.99 Å². The Morgan fingerprint density at radius 3 is 2.23 bits per heavy atom. The molecule has 4 nitrogen and oxygen atoms in total. The van der Waals surface area contributed by atoms with Crippen LogP contribution < -0.4 is 9.64 Å². The third-order valence-corrected chi connectivity index (χ3v) is 6.76. The molecule has 0 aliphatic carbocycles. The lowest BCUT2D eigenvalue weighted by atomic mass is 10.1. The number of para-hydroxylation sites is 2. The summed E-state index contributed by atoms with van der Waals surface area (Å²) in [5.41, 5.74) is 3.46. The summed E-state index contributed by atoms with van der Waals surface area (Å²) in [5.74, 6) is 0.586. The number of aliphatic imine (C=N–C) groups is 1. The van der Waals surface area contributed by atoms with Crippen LogP contribution in [-0.2, 0) is 11.4 Å². The summed E-state index contributed by atoms with van der Waals surface area (Å²) in [6.45, 7) is 0.441. The van der Waals surface area contributed by atoms with Gasteiger partial charge in [0.15, 0.2) is 5.17 Å². The molecule has 6 heteroatoms. The highest BCUT2D eigenvalue weighted by Gasteiger charge is 2.35. The number of hydrogen-bond acceptors (Lipinski definition) is 4. The molecule has 4 aromatic carbocycles. The van der Waals surface area contributed by atoms with Gasteiger partial charge < -0.3 is 4.74 Å². The van der Waals surface area contributed by atoms with Crippen LogP contribution in [0.2, 0.25) is 0 Å². The van der Waals surface area contributed by atoms with Crippen molar-refractivity contribution in [3.8, 4) is 5.75 Å². The maximum Gasteiger partial charge on any atom is 0.271 e. The lowest BCUT2D eigenvalue weighted by Gasteiger charge is -2.15. The van der Waals surface area contributed by atoms with Crippen molar-refractivity contribution in [2.75, 3.05) is 4.90 Å². The molecule has 1 aliphatic rings. The van der Waals surface area contributed by atoms with E-state index in [1.165, 1.54) is 11.8 Å². The first-order valence-corrected chi connectivity index (χ1v) is 12.7. The predicted molar refractivity (Wildman–Crippen MR) is 148 cm³/mol. The fraction of sp³-hybridized carbons (Fsp3) is 0.0345. The number of benzene rings is 4. The number of nitrogens with zero attached hydrogens (tertiary/aromatic N) is 2. The summed E-state index contributed by atoms with van der Waals surface area (Å²) in [6.07, 6.45) is 1.88. The maximum absolute atomic E-state index is 13.6. The number of ether oxygens (including phenoxy) is 1. The monoisotopic (exact) mass is 540 g/mol. The normalized spacial score (nSPS) is 15.7. The van der Waals surface area contributed by atoms with Crippen LogP contribution in [0.15, 0.2) is 124 Å². The van der Waals surface area contributed by atoms with Crippen molar-refractivity contribution >= 4 is 56.2 Å². The van der Waals surface area contributed by atoms with Gasteiger partial charge in [0.25, 0.3) is 5.91 Å². The van der Waals surface area contributed by atoms with Gasteiger partial charge in [-0.05, 0) is 65.9 Å². The molecule has 1 heterocycles. The van der Waals surface area contributed by atoms with Crippen LogP contribution in [0.4, 0.5) is 11.4 Å². The summed E-state index contributed by atoms with van der Waals surface area (Å²) in [4.78, 5) is 20.6. The smallest absolute Gasteiger partial charge is 0.271 e. The van der Waals surface area contributed by atoms with Crippen LogP contribution in [0.3, 0.4) is 0 Å². The molecule has 0 radical (unpaired) electrons. The van der Waals surface area contributed by atoms with Gasteiger partial charge in [-0.1, -0.05) is 82.7 Å². The maximum atomic E-state index is 13.6. The van der Waals surface area contributed by atoms with Crippen molar-refractivity contribution < 1.29 is 9.53 Å². The van der Waals surface area contributed by atoms with Gasteiger partial charge in [0.05, 0.1) is 16.3 Å². The molecule has 172 valence electrons. The number of hydrogen-bond donors (Lipinski definition) is 0. The Bertz CT molecular complexity index is 1390. The lowest BCUT2D eigenvalue weighted by Crippen LogP contribution is -2.28. The Labute approximate surface area is 217 Å². The number of carbonyl (C=O) groups excluding carboxylic acids is 1. The molecule has 0 unspecified atom stereocenters. The first-order valence-electron chi connectivity index (χ1n) is 11.1. The number of rotatable bonds is 6. The molecule has 1 fully saturated rings. The largest absolute Gasteiger partial charge is 0.488 e. The highest BCUT2D eigenvalue weighted by Crippen LogP contribution is 2.38. The number of carbonyl (C=O) groups is 1. The molecule has 1 amide bonds. The molecule has 0 aromatic heterocycles. The predicted octanol–water partition coefficient (Wildman–Crippen LogP) is 7.84. The average molecular weight is 541 g/mol. The second kappa shape index (κ2) is 10.8. The summed E-state index contributed by atoms with van der Waals surface area (Å²) >= 11 is 4.91. The zero-order chi connectivity index (χ0) is 24.0. The Hall–Kier alpha value is -3.61. The minimum atomic E-state index is -0.120. The summed E-state index contributed by atoms with van der Waals surface area (Å²) < 4.78 is 7.04. The minimum absolute atomic E-state index is 0.120. The molecule has 0 N–H and O–H groups in total. The SMILES string of the molecule is O=C1C(=Cc2cc(Br)ccc2OCc2ccccc2)SC(=Nc2ccccc2)N1c1ccccc1. The van der Waals surface area contributed by atoms with Gasteiger partial charge in [-0.3, -0.25) is 9.69 Å². The Morgan fingerprint density at radius 1 is 0.857 bits per heavy atom. The van der Waals surface area contributed by atoms with E-state index < -0.39 is 0 Å². The van der Waals surface area contributed by atoms with Gasteiger partial charge in [0.2, 0.25) is 0 Å². The first kappa shape index (κ1) is 23.1. The van der Waals surface area contributed by atoms with Gasteiger partial charge >= 0.3 is 0 Å². The van der Waals surface area contributed by atoms with E-state index in [1.807, 2.05) is 115 Å². The third-order valence-electron chi connectivity index (χ3n) is 5.30. The van der Waals surface area contributed by atoms with Crippen molar-refractivity contribution in [3.05, 3.63) is 130 Å². The molecular formula is C29H21BrN2O2S. The molecule has 35 heavy (non-hydrogen) atoms. The molecular weight excluding hydrogens is 520 g/mol. The second-order valence-corrected chi connectivity index (χ2v) is 9.70. The van der Waals surface area contributed by atoms with Gasteiger partial charge in [0.1, 0.15) is 12.4 Å². The van der Waals surface area contributed by atoms with Crippen LogP contribution in [0.1, 0.15) is 11.1 Å². The van der Waals surface area contributed by atoms with Crippen LogP contribution in [0.25, 0.3) is 6.08 Å². The Kier molecular flexibility index (Phi) is 7.12. The molecule has 1 aliphatic heterocycles. The van der Waals surface area contributed by atoms with Crippen molar-refractivity contribution in [1.82, 2.24) is 0 Å². The van der Waals surface area contributed by atoms with Crippen molar-refractivity contribution in [2.45, 2.75) is 6.61 Å². The van der Waals surface area contributed by atoms with E-state index in [4.69, 9.17) is 9.73 Å². The molecule has 1 saturated heterocycles. The van der Waals surface area contributed by atoms with Gasteiger partial charge in [0, 0.05) is 10.0 Å². The molecule has 0 spiro atoms. The van der Waals surface area contributed by atoms with E-state index in [0.29, 0.717) is 22.4 Å². The third kappa shape index (κ3) is 5.56. The van der Waals surface area contributed by atoms with Crippen molar-refractivity contribution in [1.29, 1.82) is 0 Å². The topological polar surface area (TPSA) is 41.9 Å². The lowest BCUT2D eigenvalue weighted by molar-refractivity contribution is -0.113. The average Bonchev–Trinajstić information content (AvgIpc) is 3.19. The van der Waals surface area contributed by atoms with Crippen LogP contribution >= 0.6 is 27.7 Å². The standard InChI is InChI=1S/C29H21BrN2O2S/c30-23-16-17-26(34-20-21-10-4-1-5-11-21)22(18-23)19-27-28(33)32(25-14-8-3-9-15-25)29(35-27)31-24-12-6-2-7-13-24/h1-19H,20H2. The van der Waals surface area contributed by atoms with Crippen LogP contribution in [0.5, 0.6) is 5.75 Å². The van der Waals surface area contributed by atoms with E-state index in [1.54, 1.807) is 4.90 Å². The number of amidine groups is 1. The molecule has 0 atom stereocenters. The zero-order valence-corrected chi connectivity index (χ0v) is 21.1. The van der Waals surface area contributed by atoms with Crippen molar-refractivity contribution in [3.63, 3.8) is 0 Å². The Morgan fingerprint density at radius 2 is 1.51 bits per heavy atom. The number of anilines is 1. The zero-order valence-electron chi connectivity index (χ0n) is 18.7. The minimum Gasteiger partial charge on any atom is -0.488 e. The summed E-state index contributed by atoms with van der Waals surface area (Å²) in [6, 6.07) is 35.1. The van der Waals surface area contributed by atoms with Gasteiger partial charge in [-0.15, -0.1) is 0 Å². The summed E-state index contributed by atoms with van der Waals surface area (Å²) in [7, 11) is 0. The number of halogens is 1.